The van der Waals surface area contributed by atoms with Crippen molar-refractivity contribution in [2.75, 3.05) is 13.1 Å². The van der Waals surface area contributed by atoms with Crippen molar-refractivity contribution in [3.63, 3.8) is 0 Å². The molecule has 4 N–H and O–H groups in total. The molecule has 0 bridgehead atoms. The SMILES string of the molecule is CC(C)NC(=O)C(=O)C(CC1CCNC1=O)NC(=O)C1CCCN1C(=O)C(NC(=O)C1C[C@H]2CC12)C(C)C. The van der Waals surface area contributed by atoms with Crippen LogP contribution in [0.25, 0.3) is 0 Å². The van der Waals surface area contributed by atoms with E-state index in [2.05, 4.69) is 21.3 Å². The fraction of sp³-hybridized carbons (Fsp3) is 0.778. The molecular formula is C27H41N5O6. The quantitative estimate of drug-likeness (QED) is 0.273. The standard InChI is InChI=1S/C27H41N5O6/c1-13(2)21(31-24(35)18-11-16-10-17(16)18)27(38)32-9-5-6-20(32)25(36)30-19(12-15-7-8-28-23(15)34)22(33)26(37)29-14(3)4/h13-21H,5-12H2,1-4H3,(H,28,34)(H,29,37)(H,30,36)(H,31,35)/t15?,16-,17?,18?,19?,20?,21?/m1/s1. The number of carbonyl (C=O) groups is 6. The third-order valence-electron chi connectivity index (χ3n) is 8.42. The summed E-state index contributed by atoms with van der Waals surface area (Å²) in [6.45, 7) is 8.02. The molecule has 0 radical (unpaired) electrons. The second kappa shape index (κ2) is 11.4. The fourth-order valence-electron chi connectivity index (χ4n) is 6.04. The molecule has 38 heavy (non-hydrogen) atoms. The normalized spacial score (nSPS) is 29.2. The lowest BCUT2D eigenvalue weighted by Crippen LogP contribution is -2.58. The molecule has 2 aliphatic carbocycles. The first kappa shape index (κ1) is 28.0. The maximum Gasteiger partial charge on any atom is 0.289 e. The van der Waals surface area contributed by atoms with Gasteiger partial charge in [-0.2, -0.15) is 0 Å². The van der Waals surface area contributed by atoms with Crippen molar-refractivity contribution in [2.45, 2.75) is 90.4 Å². The number of ketones is 1. The van der Waals surface area contributed by atoms with Crippen LogP contribution in [0.15, 0.2) is 0 Å². The molecule has 11 nitrogen and oxygen atoms in total. The Morgan fingerprint density at radius 3 is 2.26 bits per heavy atom. The van der Waals surface area contributed by atoms with Crippen molar-refractivity contribution in [1.82, 2.24) is 26.2 Å². The second-order valence-corrected chi connectivity index (χ2v) is 12.0. The molecular weight excluding hydrogens is 490 g/mol. The highest BCUT2D eigenvalue weighted by atomic mass is 16.2. The van der Waals surface area contributed by atoms with E-state index in [0.29, 0.717) is 44.2 Å². The van der Waals surface area contributed by atoms with Gasteiger partial charge in [0.1, 0.15) is 12.1 Å². The number of rotatable bonds is 11. The van der Waals surface area contributed by atoms with Crippen LogP contribution >= 0.6 is 0 Å². The summed E-state index contributed by atoms with van der Waals surface area (Å²) < 4.78 is 0. The molecule has 2 heterocycles. The van der Waals surface area contributed by atoms with Gasteiger partial charge >= 0.3 is 0 Å². The van der Waals surface area contributed by atoms with Crippen molar-refractivity contribution >= 4 is 35.3 Å². The average molecular weight is 532 g/mol. The van der Waals surface area contributed by atoms with Gasteiger partial charge in [0.15, 0.2) is 0 Å². The summed E-state index contributed by atoms with van der Waals surface area (Å²) >= 11 is 0. The monoisotopic (exact) mass is 531 g/mol. The molecule has 0 aromatic heterocycles. The van der Waals surface area contributed by atoms with Gasteiger partial charge in [-0.1, -0.05) is 13.8 Å². The van der Waals surface area contributed by atoms with Crippen LogP contribution in [-0.4, -0.2) is 77.5 Å². The Labute approximate surface area is 223 Å². The molecule has 4 fully saturated rings. The minimum atomic E-state index is -1.18. The van der Waals surface area contributed by atoms with Crippen LogP contribution in [0.2, 0.25) is 0 Å². The maximum absolute atomic E-state index is 13.6. The number of Topliss-reactive ketones (excluding diaryl/α,β-unsaturated/α-hetero) is 1. The Bertz CT molecular complexity index is 996. The van der Waals surface area contributed by atoms with E-state index in [0.717, 1.165) is 12.8 Å². The summed E-state index contributed by atoms with van der Waals surface area (Å²) in [4.78, 5) is 78.9. The van der Waals surface area contributed by atoms with Crippen LogP contribution in [0, 0.1) is 29.6 Å². The lowest BCUT2D eigenvalue weighted by molar-refractivity contribution is -0.145. The fourth-order valence-corrected chi connectivity index (χ4v) is 6.04. The minimum Gasteiger partial charge on any atom is -0.356 e. The van der Waals surface area contributed by atoms with Gasteiger partial charge in [0, 0.05) is 31.0 Å². The van der Waals surface area contributed by atoms with Gasteiger partial charge in [-0.3, -0.25) is 28.8 Å². The van der Waals surface area contributed by atoms with Gasteiger partial charge in [0.05, 0.1) is 6.04 Å². The average Bonchev–Trinajstić information content (AvgIpc) is 3.19. The van der Waals surface area contributed by atoms with E-state index in [1.807, 2.05) is 13.8 Å². The molecule has 7 atom stereocenters. The first-order valence-electron chi connectivity index (χ1n) is 14.0. The largest absolute Gasteiger partial charge is 0.356 e. The molecule has 2 saturated carbocycles. The number of amides is 5. The van der Waals surface area contributed by atoms with E-state index >= 15 is 0 Å². The van der Waals surface area contributed by atoms with Gasteiger partial charge in [-0.25, -0.2) is 0 Å². The summed E-state index contributed by atoms with van der Waals surface area (Å²) in [5.41, 5.74) is 0. The van der Waals surface area contributed by atoms with E-state index in [1.165, 1.54) is 4.90 Å². The van der Waals surface area contributed by atoms with Crippen LogP contribution in [0.5, 0.6) is 0 Å². The van der Waals surface area contributed by atoms with Crippen LogP contribution in [-0.2, 0) is 28.8 Å². The number of likely N-dealkylation sites (tertiary alicyclic amines) is 1. The predicted molar refractivity (Wildman–Crippen MR) is 137 cm³/mol. The maximum atomic E-state index is 13.6. The topological polar surface area (TPSA) is 154 Å². The first-order valence-corrected chi connectivity index (χ1v) is 14.0. The van der Waals surface area contributed by atoms with Gasteiger partial charge in [-0.15, -0.1) is 0 Å². The van der Waals surface area contributed by atoms with Crippen LogP contribution in [0.1, 0.15) is 66.2 Å². The summed E-state index contributed by atoms with van der Waals surface area (Å²) in [6, 6.07) is -3.02. The number of fused-ring (bicyclic) bond motifs is 1. The summed E-state index contributed by atoms with van der Waals surface area (Å²) in [7, 11) is 0. The van der Waals surface area contributed by atoms with E-state index in [1.54, 1.807) is 13.8 Å². The lowest BCUT2D eigenvalue weighted by atomic mass is 9.84. The van der Waals surface area contributed by atoms with E-state index in [4.69, 9.17) is 0 Å². The van der Waals surface area contributed by atoms with Crippen molar-refractivity contribution < 1.29 is 28.8 Å². The highest BCUT2D eigenvalue weighted by molar-refractivity contribution is 6.38. The number of hydrogen-bond donors (Lipinski definition) is 4. The Kier molecular flexibility index (Phi) is 8.42. The lowest BCUT2D eigenvalue weighted by Gasteiger charge is -2.33. The number of carbonyl (C=O) groups excluding carboxylic acids is 6. The molecule has 4 aliphatic rings. The van der Waals surface area contributed by atoms with Crippen molar-refractivity contribution in [3.8, 4) is 0 Å². The molecule has 5 amide bonds. The zero-order valence-corrected chi connectivity index (χ0v) is 22.7. The molecule has 11 heteroatoms. The van der Waals surface area contributed by atoms with Crippen molar-refractivity contribution in [2.24, 2.45) is 29.6 Å². The molecule has 0 aromatic rings. The predicted octanol–water partition coefficient (Wildman–Crippen LogP) is -0.121. The number of nitrogens with one attached hydrogen (secondary N) is 4. The Balaban J connectivity index is 1.43. The van der Waals surface area contributed by atoms with E-state index in [-0.39, 0.29) is 42.0 Å². The Hall–Kier alpha value is -2.98. The zero-order valence-electron chi connectivity index (χ0n) is 22.7. The van der Waals surface area contributed by atoms with E-state index in [9.17, 15) is 28.8 Å². The van der Waals surface area contributed by atoms with Crippen LogP contribution < -0.4 is 21.3 Å². The van der Waals surface area contributed by atoms with Gasteiger partial charge in [0.25, 0.3) is 5.91 Å². The van der Waals surface area contributed by atoms with Gasteiger partial charge in [0.2, 0.25) is 29.4 Å². The van der Waals surface area contributed by atoms with Crippen molar-refractivity contribution in [1.29, 1.82) is 0 Å². The molecule has 6 unspecified atom stereocenters. The summed E-state index contributed by atoms with van der Waals surface area (Å²) in [5.74, 6) is -2.34. The molecule has 210 valence electrons. The third kappa shape index (κ3) is 6.02. The Morgan fingerprint density at radius 1 is 0.974 bits per heavy atom. The zero-order chi connectivity index (χ0) is 27.7. The molecule has 0 aromatic carbocycles. The van der Waals surface area contributed by atoms with Crippen molar-refractivity contribution in [3.05, 3.63) is 0 Å². The highest BCUT2D eigenvalue weighted by Gasteiger charge is 2.56. The smallest absolute Gasteiger partial charge is 0.289 e. The molecule has 2 aliphatic heterocycles. The van der Waals surface area contributed by atoms with Gasteiger partial charge in [-0.05, 0) is 70.1 Å². The summed E-state index contributed by atoms with van der Waals surface area (Å²) in [6.07, 6.45) is 3.50. The minimum absolute atomic E-state index is 0.0107. The number of hydrogen-bond acceptors (Lipinski definition) is 6. The molecule has 2 saturated heterocycles. The molecule has 4 rings (SSSR count). The van der Waals surface area contributed by atoms with E-state index < -0.39 is 41.6 Å². The van der Waals surface area contributed by atoms with Crippen LogP contribution in [0.3, 0.4) is 0 Å². The summed E-state index contributed by atoms with van der Waals surface area (Å²) in [5, 5.41) is 10.9. The molecule has 0 spiro atoms. The number of nitrogens with zero attached hydrogens (tertiary/aromatic N) is 1. The van der Waals surface area contributed by atoms with Crippen LogP contribution in [0.4, 0.5) is 0 Å². The highest BCUT2D eigenvalue weighted by Crippen LogP contribution is 2.59. The third-order valence-corrected chi connectivity index (χ3v) is 8.42. The Morgan fingerprint density at radius 2 is 1.71 bits per heavy atom. The second-order valence-electron chi connectivity index (χ2n) is 12.0. The van der Waals surface area contributed by atoms with Gasteiger partial charge < -0.3 is 26.2 Å². The first-order chi connectivity index (χ1) is 18.0.